The van der Waals surface area contributed by atoms with Gasteiger partial charge in [0.1, 0.15) is 11.6 Å². The zero-order valence-electron chi connectivity index (χ0n) is 8.74. The second-order valence-electron chi connectivity index (χ2n) is 3.68. The molecule has 0 bridgehead atoms. The Kier molecular flexibility index (Phi) is 3.06. The molecule has 1 aliphatic heterocycles. The molecule has 0 fully saturated rings. The summed E-state index contributed by atoms with van der Waals surface area (Å²) in [6, 6.07) is 3.35. The molecule has 0 saturated carbocycles. The van der Waals surface area contributed by atoms with E-state index >= 15 is 0 Å². The van der Waals surface area contributed by atoms with Crippen molar-refractivity contribution in [1.82, 2.24) is 0 Å². The predicted octanol–water partition coefficient (Wildman–Crippen LogP) is 1.80. The molecule has 0 spiro atoms. The van der Waals surface area contributed by atoms with Crippen LogP contribution >= 0.6 is 11.8 Å². The zero-order valence-corrected chi connectivity index (χ0v) is 9.56. The Morgan fingerprint density at radius 3 is 2.65 bits per heavy atom. The first kappa shape index (κ1) is 11.9. The maximum Gasteiger partial charge on any atom is 0.247 e. The fraction of sp³-hybridized carbons (Fsp3) is 0.182. The molecule has 17 heavy (non-hydrogen) atoms. The standard InChI is InChI=1S/C11H10F2N2OS/c12-5-1-2-6(8(13)3-5)9-4-7(10(14)16)11(15)17-9/h1-3,9H,4,15H2,(H2,14,16). The van der Waals surface area contributed by atoms with Gasteiger partial charge in [-0.1, -0.05) is 17.8 Å². The average Bonchev–Trinajstić information content (AvgIpc) is 2.60. The summed E-state index contributed by atoms with van der Waals surface area (Å²) < 4.78 is 26.3. The Bertz CT molecular complexity index is 516. The van der Waals surface area contributed by atoms with Gasteiger partial charge in [0, 0.05) is 22.5 Å². The van der Waals surface area contributed by atoms with Gasteiger partial charge in [-0.05, 0) is 12.5 Å². The first-order valence-corrected chi connectivity index (χ1v) is 5.77. The molecule has 0 aromatic heterocycles. The molecule has 4 N–H and O–H groups in total. The molecular weight excluding hydrogens is 246 g/mol. The van der Waals surface area contributed by atoms with Crippen LogP contribution in [0, 0.1) is 11.6 Å². The predicted molar refractivity (Wildman–Crippen MR) is 61.7 cm³/mol. The first-order chi connectivity index (χ1) is 7.99. The highest BCUT2D eigenvalue weighted by atomic mass is 32.2. The van der Waals surface area contributed by atoms with Crippen molar-refractivity contribution in [3.05, 3.63) is 46.0 Å². The highest BCUT2D eigenvalue weighted by molar-refractivity contribution is 8.03. The van der Waals surface area contributed by atoms with Gasteiger partial charge in [0.05, 0.1) is 5.03 Å². The number of carbonyl (C=O) groups is 1. The second kappa shape index (κ2) is 4.37. The van der Waals surface area contributed by atoms with E-state index in [-0.39, 0.29) is 11.7 Å². The number of hydrogen-bond donors (Lipinski definition) is 2. The van der Waals surface area contributed by atoms with Crippen LogP contribution in [0.25, 0.3) is 0 Å². The third-order valence-electron chi connectivity index (χ3n) is 2.56. The normalized spacial score (nSPS) is 19.8. The summed E-state index contributed by atoms with van der Waals surface area (Å²) in [7, 11) is 0. The highest BCUT2D eigenvalue weighted by Crippen LogP contribution is 2.45. The van der Waals surface area contributed by atoms with Crippen molar-refractivity contribution in [3.63, 3.8) is 0 Å². The van der Waals surface area contributed by atoms with E-state index in [1.165, 1.54) is 23.9 Å². The topological polar surface area (TPSA) is 69.1 Å². The smallest absolute Gasteiger partial charge is 0.247 e. The minimum Gasteiger partial charge on any atom is -0.393 e. The number of carbonyl (C=O) groups excluding carboxylic acids is 1. The summed E-state index contributed by atoms with van der Waals surface area (Å²) in [5.41, 5.74) is 11.4. The van der Waals surface area contributed by atoms with Crippen molar-refractivity contribution in [2.24, 2.45) is 11.5 Å². The van der Waals surface area contributed by atoms with Crippen LogP contribution in [0.4, 0.5) is 8.78 Å². The van der Waals surface area contributed by atoms with E-state index in [1.54, 1.807) is 0 Å². The lowest BCUT2D eigenvalue weighted by Gasteiger charge is -2.10. The molecule has 0 radical (unpaired) electrons. The molecule has 1 heterocycles. The van der Waals surface area contributed by atoms with Crippen LogP contribution in [-0.4, -0.2) is 5.91 Å². The molecule has 0 aliphatic carbocycles. The number of benzene rings is 1. The van der Waals surface area contributed by atoms with E-state index in [0.29, 0.717) is 16.2 Å². The van der Waals surface area contributed by atoms with Gasteiger partial charge in [0.25, 0.3) is 0 Å². The monoisotopic (exact) mass is 256 g/mol. The number of primary amides is 1. The van der Waals surface area contributed by atoms with Crippen molar-refractivity contribution in [3.8, 4) is 0 Å². The van der Waals surface area contributed by atoms with Crippen molar-refractivity contribution in [2.75, 3.05) is 0 Å². The van der Waals surface area contributed by atoms with Crippen molar-refractivity contribution in [1.29, 1.82) is 0 Å². The lowest BCUT2D eigenvalue weighted by molar-refractivity contribution is -0.114. The Labute approximate surface area is 101 Å². The van der Waals surface area contributed by atoms with Gasteiger partial charge in [-0.3, -0.25) is 4.79 Å². The summed E-state index contributed by atoms with van der Waals surface area (Å²) in [5, 5.41) is -0.00988. The molecular formula is C11H10F2N2OS. The molecule has 2 rings (SSSR count). The summed E-state index contributed by atoms with van der Waals surface area (Å²) in [6.07, 6.45) is 0.272. The fourth-order valence-corrected chi connectivity index (χ4v) is 2.91. The van der Waals surface area contributed by atoms with Crippen LogP contribution < -0.4 is 11.5 Å². The maximum atomic E-state index is 13.5. The molecule has 1 aliphatic rings. The van der Waals surface area contributed by atoms with E-state index in [0.717, 1.165) is 6.07 Å². The highest BCUT2D eigenvalue weighted by Gasteiger charge is 2.29. The summed E-state index contributed by atoms with van der Waals surface area (Å²) in [5.74, 6) is -1.87. The number of nitrogens with two attached hydrogens (primary N) is 2. The van der Waals surface area contributed by atoms with Gasteiger partial charge < -0.3 is 11.5 Å². The van der Waals surface area contributed by atoms with Gasteiger partial charge in [-0.15, -0.1) is 0 Å². The zero-order chi connectivity index (χ0) is 12.6. The van der Waals surface area contributed by atoms with E-state index < -0.39 is 17.5 Å². The van der Waals surface area contributed by atoms with Gasteiger partial charge in [0.15, 0.2) is 0 Å². The molecule has 3 nitrogen and oxygen atoms in total. The van der Waals surface area contributed by atoms with Crippen LogP contribution in [0.5, 0.6) is 0 Å². The van der Waals surface area contributed by atoms with E-state index in [4.69, 9.17) is 11.5 Å². The van der Waals surface area contributed by atoms with E-state index in [9.17, 15) is 13.6 Å². The lowest BCUT2D eigenvalue weighted by atomic mass is 10.0. The third kappa shape index (κ3) is 2.26. The molecule has 1 atom stereocenters. The van der Waals surface area contributed by atoms with Gasteiger partial charge in [-0.2, -0.15) is 0 Å². The first-order valence-electron chi connectivity index (χ1n) is 4.89. The quantitative estimate of drug-likeness (QED) is 0.847. The number of hydrogen-bond acceptors (Lipinski definition) is 3. The van der Waals surface area contributed by atoms with Crippen LogP contribution in [0.3, 0.4) is 0 Å². The molecule has 1 amide bonds. The van der Waals surface area contributed by atoms with Gasteiger partial charge in [-0.25, -0.2) is 8.78 Å². The molecule has 90 valence electrons. The SMILES string of the molecule is NC(=O)C1=C(N)SC(c2ccc(F)cc2F)C1. The minimum atomic E-state index is -0.638. The number of halogens is 2. The van der Waals surface area contributed by atoms with Crippen LogP contribution in [0.2, 0.25) is 0 Å². The van der Waals surface area contributed by atoms with Crippen LogP contribution in [-0.2, 0) is 4.79 Å². The van der Waals surface area contributed by atoms with Crippen molar-refractivity contribution < 1.29 is 13.6 Å². The lowest BCUT2D eigenvalue weighted by Crippen LogP contribution is -2.15. The average molecular weight is 256 g/mol. The summed E-state index contributed by atoms with van der Waals surface area (Å²) in [6.45, 7) is 0. The molecule has 1 aromatic carbocycles. The van der Waals surface area contributed by atoms with Crippen molar-refractivity contribution in [2.45, 2.75) is 11.7 Å². The Hall–Kier alpha value is -1.56. The summed E-state index contributed by atoms with van der Waals surface area (Å²) >= 11 is 1.17. The van der Waals surface area contributed by atoms with Gasteiger partial charge in [0.2, 0.25) is 5.91 Å². The second-order valence-corrected chi connectivity index (χ2v) is 4.93. The Morgan fingerprint density at radius 1 is 1.41 bits per heavy atom. The molecule has 6 heteroatoms. The number of rotatable bonds is 2. The minimum absolute atomic E-state index is 0.272. The van der Waals surface area contributed by atoms with E-state index in [1.807, 2.05) is 0 Å². The molecule has 0 saturated heterocycles. The van der Waals surface area contributed by atoms with Crippen LogP contribution in [0.15, 0.2) is 28.8 Å². The largest absolute Gasteiger partial charge is 0.393 e. The summed E-state index contributed by atoms with van der Waals surface area (Å²) in [4.78, 5) is 11.0. The molecule has 1 unspecified atom stereocenters. The van der Waals surface area contributed by atoms with Crippen molar-refractivity contribution >= 4 is 17.7 Å². The maximum absolute atomic E-state index is 13.5. The number of amides is 1. The Morgan fingerprint density at radius 2 is 2.12 bits per heavy atom. The van der Waals surface area contributed by atoms with Gasteiger partial charge >= 0.3 is 0 Å². The number of thioether (sulfide) groups is 1. The Balaban J connectivity index is 2.26. The third-order valence-corrected chi connectivity index (χ3v) is 3.77. The molecule has 1 aromatic rings. The van der Waals surface area contributed by atoms with E-state index in [2.05, 4.69) is 0 Å². The fourth-order valence-electron chi connectivity index (χ4n) is 1.71. The van der Waals surface area contributed by atoms with Crippen LogP contribution in [0.1, 0.15) is 17.2 Å².